The second kappa shape index (κ2) is 11.5. The van der Waals surface area contributed by atoms with E-state index in [1.165, 1.54) is 4.88 Å². The molecule has 0 bridgehead atoms. The molecule has 0 radical (unpaired) electrons. The molecule has 1 atom stereocenters. The third-order valence-corrected chi connectivity index (χ3v) is 4.55. The first-order chi connectivity index (χ1) is 11.6. The zero-order valence-corrected chi connectivity index (χ0v) is 18.6. The van der Waals surface area contributed by atoms with Gasteiger partial charge in [-0.3, -0.25) is 0 Å². The van der Waals surface area contributed by atoms with Crippen LogP contribution >= 0.6 is 35.3 Å². The Labute approximate surface area is 171 Å². The van der Waals surface area contributed by atoms with Gasteiger partial charge in [-0.2, -0.15) is 0 Å². The molecule has 2 rings (SSSR count). The summed E-state index contributed by atoms with van der Waals surface area (Å²) in [6.07, 6.45) is 1.09. The van der Waals surface area contributed by atoms with Crippen LogP contribution in [0.1, 0.15) is 49.9 Å². The molecule has 5 nitrogen and oxygen atoms in total. The number of aromatic nitrogens is 1. The van der Waals surface area contributed by atoms with Crippen molar-refractivity contribution < 1.29 is 4.52 Å². The Hall–Kier alpha value is -1.09. The fourth-order valence-corrected chi connectivity index (χ4v) is 3.16. The molecule has 2 aromatic heterocycles. The molecule has 25 heavy (non-hydrogen) atoms. The van der Waals surface area contributed by atoms with Gasteiger partial charge in [-0.05, 0) is 36.6 Å². The number of halogens is 1. The molecule has 0 amide bonds. The minimum absolute atomic E-state index is 0. The standard InChI is InChI=1S/C18H28N4OS.HI/c1-5-19-18(20-11-14(4)9-16-7-6-8-24-16)21-12-15-10-17(13(2)3)22-23-15;/h6-8,10,13-14H,5,9,11-12H2,1-4H3,(H2,19,20,21);1H. The van der Waals surface area contributed by atoms with Crippen molar-refractivity contribution in [2.45, 2.75) is 46.6 Å². The van der Waals surface area contributed by atoms with E-state index < -0.39 is 0 Å². The minimum Gasteiger partial charge on any atom is -0.359 e. The van der Waals surface area contributed by atoms with Crippen molar-refractivity contribution in [3.8, 4) is 0 Å². The number of rotatable bonds is 8. The third kappa shape index (κ3) is 7.77. The van der Waals surface area contributed by atoms with Crippen molar-refractivity contribution in [2.75, 3.05) is 13.1 Å². The van der Waals surface area contributed by atoms with Crippen molar-refractivity contribution in [2.24, 2.45) is 10.9 Å². The van der Waals surface area contributed by atoms with Gasteiger partial charge in [-0.15, -0.1) is 35.3 Å². The maximum absolute atomic E-state index is 5.34. The van der Waals surface area contributed by atoms with Crippen LogP contribution in [0.2, 0.25) is 0 Å². The van der Waals surface area contributed by atoms with Crippen LogP contribution < -0.4 is 10.6 Å². The first-order valence-corrected chi connectivity index (χ1v) is 9.46. The van der Waals surface area contributed by atoms with Gasteiger partial charge >= 0.3 is 0 Å². The highest BCUT2D eigenvalue weighted by Gasteiger charge is 2.09. The third-order valence-electron chi connectivity index (χ3n) is 3.65. The maximum atomic E-state index is 5.34. The van der Waals surface area contributed by atoms with Crippen molar-refractivity contribution in [3.05, 3.63) is 39.9 Å². The second-order valence-electron chi connectivity index (χ2n) is 6.34. The molecular formula is C18H29IN4OS. The normalized spacial score (nSPS) is 12.8. The Morgan fingerprint density at radius 1 is 1.32 bits per heavy atom. The summed E-state index contributed by atoms with van der Waals surface area (Å²) in [4.78, 5) is 6.01. The van der Waals surface area contributed by atoms with Gasteiger partial charge in [0.25, 0.3) is 0 Å². The Morgan fingerprint density at radius 2 is 2.12 bits per heavy atom. The molecule has 0 aliphatic rings. The van der Waals surface area contributed by atoms with Crippen molar-refractivity contribution in [3.63, 3.8) is 0 Å². The predicted molar refractivity (Wildman–Crippen MR) is 116 cm³/mol. The molecular weight excluding hydrogens is 447 g/mol. The number of nitrogens with one attached hydrogen (secondary N) is 2. The molecule has 7 heteroatoms. The van der Waals surface area contributed by atoms with Crippen LogP contribution in [0.15, 0.2) is 33.1 Å². The number of hydrogen-bond acceptors (Lipinski definition) is 4. The largest absolute Gasteiger partial charge is 0.359 e. The average molecular weight is 476 g/mol. The Balaban J connectivity index is 0.00000312. The number of hydrogen-bond donors (Lipinski definition) is 2. The van der Waals surface area contributed by atoms with E-state index in [4.69, 9.17) is 4.52 Å². The summed E-state index contributed by atoms with van der Waals surface area (Å²) >= 11 is 1.81. The molecule has 2 aromatic rings. The smallest absolute Gasteiger partial charge is 0.191 e. The van der Waals surface area contributed by atoms with E-state index in [9.17, 15) is 0 Å². The van der Waals surface area contributed by atoms with Crippen LogP contribution in [0.3, 0.4) is 0 Å². The lowest BCUT2D eigenvalue weighted by Gasteiger charge is -2.15. The summed E-state index contributed by atoms with van der Waals surface area (Å²) in [6, 6.07) is 6.28. The molecule has 0 saturated heterocycles. The molecule has 0 spiro atoms. The highest BCUT2D eigenvalue weighted by molar-refractivity contribution is 14.0. The molecule has 0 aliphatic carbocycles. The molecule has 140 valence electrons. The Bertz CT molecular complexity index is 625. The van der Waals surface area contributed by atoms with Crippen molar-refractivity contribution >= 4 is 41.3 Å². The van der Waals surface area contributed by atoms with Crippen LogP contribution in [-0.4, -0.2) is 24.2 Å². The molecule has 2 heterocycles. The van der Waals surface area contributed by atoms with Crippen molar-refractivity contribution in [1.29, 1.82) is 0 Å². The number of aliphatic imine (C=N–C) groups is 1. The molecule has 0 aliphatic heterocycles. The summed E-state index contributed by atoms with van der Waals surface area (Å²) in [5, 5.41) is 12.9. The maximum Gasteiger partial charge on any atom is 0.191 e. The quantitative estimate of drug-likeness (QED) is 0.337. The van der Waals surface area contributed by atoms with E-state index in [1.807, 2.05) is 17.4 Å². The van der Waals surface area contributed by atoms with E-state index >= 15 is 0 Å². The zero-order chi connectivity index (χ0) is 17.4. The van der Waals surface area contributed by atoms with E-state index in [1.54, 1.807) is 0 Å². The lowest BCUT2D eigenvalue weighted by Crippen LogP contribution is -2.39. The first kappa shape index (κ1) is 22.0. The summed E-state index contributed by atoms with van der Waals surface area (Å²) in [6.45, 7) is 10.7. The number of guanidine groups is 1. The fraction of sp³-hybridized carbons (Fsp3) is 0.556. The first-order valence-electron chi connectivity index (χ1n) is 8.58. The minimum atomic E-state index is 0. The van der Waals surface area contributed by atoms with Crippen LogP contribution in [0.25, 0.3) is 0 Å². The molecule has 2 N–H and O–H groups in total. The SMILES string of the molecule is CCNC(=NCc1cc(C(C)C)no1)NCC(C)Cc1cccs1.I. The van der Waals surface area contributed by atoms with Crippen LogP contribution in [0.4, 0.5) is 0 Å². The van der Waals surface area contributed by atoms with E-state index in [-0.39, 0.29) is 24.0 Å². The summed E-state index contributed by atoms with van der Waals surface area (Å²) in [7, 11) is 0. The van der Waals surface area contributed by atoms with E-state index in [2.05, 4.69) is 66.0 Å². The van der Waals surface area contributed by atoms with Crippen molar-refractivity contribution in [1.82, 2.24) is 15.8 Å². The lowest BCUT2D eigenvalue weighted by molar-refractivity contribution is 0.376. The average Bonchev–Trinajstić information content (AvgIpc) is 3.21. The number of thiophene rings is 1. The highest BCUT2D eigenvalue weighted by atomic mass is 127. The second-order valence-corrected chi connectivity index (χ2v) is 7.37. The molecule has 1 unspecified atom stereocenters. The fourth-order valence-electron chi connectivity index (χ4n) is 2.29. The van der Waals surface area contributed by atoms with Gasteiger partial charge in [0.2, 0.25) is 0 Å². The number of nitrogens with zero attached hydrogens (tertiary/aromatic N) is 2. The monoisotopic (exact) mass is 476 g/mol. The highest BCUT2D eigenvalue weighted by Crippen LogP contribution is 2.15. The van der Waals surface area contributed by atoms with Gasteiger partial charge in [-0.1, -0.05) is 32.0 Å². The zero-order valence-electron chi connectivity index (χ0n) is 15.4. The van der Waals surface area contributed by atoms with Gasteiger partial charge in [0.1, 0.15) is 6.54 Å². The summed E-state index contributed by atoms with van der Waals surface area (Å²) < 4.78 is 5.34. The van der Waals surface area contributed by atoms with Gasteiger partial charge < -0.3 is 15.2 Å². The molecule has 0 saturated carbocycles. The molecule has 0 aromatic carbocycles. The lowest BCUT2D eigenvalue weighted by atomic mass is 10.1. The Kier molecular flexibility index (Phi) is 10.1. The predicted octanol–water partition coefficient (Wildman–Crippen LogP) is 4.41. The van der Waals surface area contributed by atoms with Crippen LogP contribution in [0, 0.1) is 5.92 Å². The van der Waals surface area contributed by atoms with E-state index in [0.29, 0.717) is 18.4 Å². The topological polar surface area (TPSA) is 62.5 Å². The van der Waals surface area contributed by atoms with Gasteiger partial charge in [0.05, 0.1) is 5.69 Å². The van der Waals surface area contributed by atoms with Crippen LogP contribution in [0.5, 0.6) is 0 Å². The van der Waals surface area contributed by atoms with E-state index in [0.717, 1.165) is 36.9 Å². The van der Waals surface area contributed by atoms with Gasteiger partial charge in [0, 0.05) is 24.0 Å². The summed E-state index contributed by atoms with van der Waals surface area (Å²) in [5.74, 6) is 2.53. The Morgan fingerprint density at radius 3 is 2.72 bits per heavy atom. The van der Waals surface area contributed by atoms with Gasteiger partial charge in [0.15, 0.2) is 11.7 Å². The van der Waals surface area contributed by atoms with Crippen LogP contribution in [-0.2, 0) is 13.0 Å². The van der Waals surface area contributed by atoms with Gasteiger partial charge in [-0.25, -0.2) is 4.99 Å². The summed E-state index contributed by atoms with van der Waals surface area (Å²) in [5.41, 5.74) is 0.975. The molecule has 0 fully saturated rings.